The first-order chi connectivity index (χ1) is 12.3. The van der Waals surface area contributed by atoms with E-state index in [0.29, 0.717) is 23.1 Å². The van der Waals surface area contributed by atoms with E-state index in [9.17, 15) is 5.26 Å². The van der Waals surface area contributed by atoms with Gasteiger partial charge < -0.3 is 9.32 Å². The Morgan fingerprint density at radius 1 is 1.04 bits per heavy atom. The number of piperazine rings is 1. The molecule has 0 amide bonds. The topological polar surface area (TPSA) is 80.1 Å². The van der Waals surface area contributed by atoms with Gasteiger partial charge in [0.1, 0.15) is 6.07 Å². The van der Waals surface area contributed by atoms with Gasteiger partial charge in [-0.25, -0.2) is 4.98 Å². The standard InChI is InChI=1S/C19H19N5O/c20-11-14-1-3-15(4-2-14)13-23-7-9-24(10-8-23)19-17(12-21)22-18(25-19)16-5-6-16/h1-4,16H,5-10,13H2. The Kier molecular flexibility index (Phi) is 4.13. The van der Waals surface area contributed by atoms with Crippen LogP contribution in [0.3, 0.4) is 0 Å². The van der Waals surface area contributed by atoms with Crippen molar-refractivity contribution in [3.05, 3.63) is 47.0 Å². The fourth-order valence-electron chi connectivity index (χ4n) is 3.17. The highest BCUT2D eigenvalue weighted by atomic mass is 16.4. The minimum atomic E-state index is 0.415. The Balaban J connectivity index is 1.38. The second kappa shape index (κ2) is 6.58. The summed E-state index contributed by atoms with van der Waals surface area (Å²) in [7, 11) is 0. The van der Waals surface area contributed by atoms with Crippen LogP contribution in [0.2, 0.25) is 0 Å². The van der Waals surface area contributed by atoms with E-state index >= 15 is 0 Å². The molecule has 0 atom stereocenters. The summed E-state index contributed by atoms with van der Waals surface area (Å²) in [5.74, 6) is 1.78. The molecule has 0 unspecified atom stereocenters. The van der Waals surface area contributed by atoms with Crippen molar-refractivity contribution in [3.63, 3.8) is 0 Å². The Morgan fingerprint density at radius 2 is 1.76 bits per heavy atom. The third kappa shape index (κ3) is 3.35. The Hall–Kier alpha value is -2.83. The summed E-state index contributed by atoms with van der Waals surface area (Å²) in [6.07, 6.45) is 2.23. The predicted octanol–water partition coefficient (Wildman–Crippen LogP) is 2.62. The van der Waals surface area contributed by atoms with Crippen LogP contribution in [0.25, 0.3) is 0 Å². The number of aromatic nitrogens is 1. The van der Waals surface area contributed by atoms with Crippen LogP contribution in [-0.2, 0) is 6.54 Å². The molecule has 2 fully saturated rings. The van der Waals surface area contributed by atoms with Crippen LogP contribution in [0.15, 0.2) is 28.7 Å². The largest absolute Gasteiger partial charge is 0.423 e. The van der Waals surface area contributed by atoms with Crippen LogP contribution in [0.1, 0.15) is 41.5 Å². The summed E-state index contributed by atoms with van der Waals surface area (Å²) < 4.78 is 5.89. The zero-order valence-corrected chi connectivity index (χ0v) is 14.0. The highest BCUT2D eigenvalue weighted by molar-refractivity contribution is 5.48. The zero-order chi connectivity index (χ0) is 17.2. The molecule has 1 aliphatic heterocycles. The second-order valence-corrected chi connectivity index (χ2v) is 6.66. The smallest absolute Gasteiger partial charge is 0.234 e. The molecule has 2 heterocycles. The molecule has 0 spiro atoms. The molecule has 0 bridgehead atoms. The first-order valence-corrected chi connectivity index (χ1v) is 8.64. The number of anilines is 1. The Labute approximate surface area is 146 Å². The third-order valence-electron chi connectivity index (χ3n) is 4.81. The quantitative estimate of drug-likeness (QED) is 0.855. The normalized spacial score (nSPS) is 17.9. The van der Waals surface area contributed by atoms with Crippen LogP contribution in [-0.4, -0.2) is 36.1 Å². The SMILES string of the molecule is N#Cc1ccc(CN2CCN(c3oc(C4CC4)nc3C#N)CC2)cc1. The van der Waals surface area contributed by atoms with Crippen molar-refractivity contribution < 1.29 is 4.42 Å². The number of hydrogen-bond donors (Lipinski definition) is 0. The van der Waals surface area contributed by atoms with Gasteiger partial charge in [0.15, 0.2) is 0 Å². The average Bonchev–Trinajstić information content (AvgIpc) is 3.42. The van der Waals surface area contributed by atoms with E-state index in [1.807, 2.05) is 24.3 Å². The van der Waals surface area contributed by atoms with Crippen LogP contribution in [0, 0.1) is 22.7 Å². The monoisotopic (exact) mass is 333 g/mol. The Morgan fingerprint density at radius 3 is 2.36 bits per heavy atom. The maximum atomic E-state index is 9.32. The summed E-state index contributed by atoms with van der Waals surface area (Å²) in [6.45, 7) is 4.33. The number of rotatable bonds is 4. The lowest BCUT2D eigenvalue weighted by molar-refractivity contribution is 0.245. The lowest BCUT2D eigenvalue weighted by Gasteiger charge is -2.34. The zero-order valence-electron chi connectivity index (χ0n) is 14.0. The summed E-state index contributed by atoms with van der Waals surface area (Å²) >= 11 is 0. The van der Waals surface area contributed by atoms with Gasteiger partial charge in [0.2, 0.25) is 17.5 Å². The van der Waals surface area contributed by atoms with Crippen LogP contribution >= 0.6 is 0 Å². The highest BCUT2D eigenvalue weighted by Gasteiger charge is 2.32. The van der Waals surface area contributed by atoms with Gasteiger partial charge in [-0.1, -0.05) is 12.1 Å². The molecular weight excluding hydrogens is 314 g/mol. The van der Waals surface area contributed by atoms with Crippen molar-refractivity contribution in [3.8, 4) is 12.1 Å². The average molecular weight is 333 g/mol. The number of nitriles is 2. The molecule has 6 heteroatoms. The van der Waals surface area contributed by atoms with Crippen LogP contribution < -0.4 is 4.90 Å². The minimum absolute atomic E-state index is 0.415. The van der Waals surface area contributed by atoms with Crippen LogP contribution in [0.5, 0.6) is 0 Å². The fourth-order valence-corrected chi connectivity index (χ4v) is 3.17. The molecule has 2 aliphatic rings. The summed E-state index contributed by atoms with van der Waals surface area (Å²) in [6, 6.07) is 12.1. The molecule has 1 aliphatic carbocycles. The number of hydrogen-bond acceptors (Lipinski definition) is 6. The maximum absolute atomic E-state index is 9.32. The van der Waals surface area contributed by atoms with Gasteiger partial charge in [-0.15, -0.1) is 0 Å². The van der Waals surface area contributed by atoms with Gasteiger partial charge in [0.05, 0.1) is 11.6 Å². The van der Waals surface area contributed by atoms with Gasteiger partial charge in [-0.2, -0.15) is 10.5 Å². The van der Waals surface area contributed by atoms with Gasteiger partial charge in [-0.3, -0.25) is 4.90 Å². The lowest BCUT2D eigenvalue weighted by Crippen LogP contribution is -2.46. The second-order valence-electron chi connectivity index (χ2n) is 6.66. The predicted molar refractivity (Wildman–Crippen MR) is 91.8 cm³/mol. The first-order valence-electron chi connectivity index (χ1n) is 8.64. The van der Waals surface area contributed by atoms with E-state index in [1.165, 1.54) is 5.56 Å². The molecule has 6 nitrogen and oxygen atoms in total. The number of nitrogens with zero attached hydrogens (tertiary/aromatic N) is 5. The van der Waals surface area contributed by atoms with E-state index in [4.69, 9.17) is 9.68 Å². The molecule has 1 saturated carbocycles. The molecule has 1 saturated heterocycles. The minimum Gasteiger partial charge on any atom is -0.423 e. The summed E-state index contributed by atoms with van der Waals surface area (Å²) in [5.41, 5.74) is 2.32. The van der Waals surface area contributed by atoms with Gasteiger partial charge in [0.25, 0.3) is 0 Å². The Bertz CT molecular complexity index is 830. The molecule has 2 aromatic rings. The maximum Gasteiger partial charge on any atom is 0.234 e. The van der Waals surface area contributed by atoms with Crippen molar-refractivity contribution in [2.24, 2.45) is 0 Å². The summed E-state index contributed by atoms with van der Waals surface area (Å²) in [5, 5.41) is 18.2. The van der Waals surface area contributed by atoms with E-state index in [1.54, 1.807) is 0 Å². The van der Waals surface area contributed by atoms with Crippen molar-refractivity contribution in [2.75, 3.05) is 31.1 Å². The third-order valence-corrected chi connectivity index (χ3v) is 4.81. The van der Waals surface area contributed by atoms with Crippen molar-refractivity contribution >= 4 is 5.88 Å². The van der Waals surface area contributed by atoms with E-state index in [2.05, 4.69) is 26.9 Å². The molecule has 4 rings (SSSR count). The van der Waals surface area contributed by atoms with Crippen molar-refractivity contribution in [1.29, 1.82) is 10.5 Å². The van der Waals surface area contributed by atoms with Gasteiger partial charge in [-0.05, 0) is 30.5 Å². The van der Waals surface area contributed by atoms with Crippen molar-refractivity contribution in [2.45, 2.75) is 25.3 Å². The van der Waals surface area contributed by atoms with E-state index < -0.39 is 0 Å². The van der Waals surface area contributed by atoms with E-state index in [-0.39, 0.29) is 0 Å². The molecule has 126 valence electrons. The number of oxazole rings is 1. The fraction of sp³-hybridized carbons (Fsp3) is 0.421. The molecule has 0 radical (unpaired) electrons. The number of benzene rings is 1. The van der Waals surface area contributed by atoms with Gasteiger partial charge >= 0.3 is 0 Å². The molecule has 1 aromatic heterocycles. The van der Waals surface area contributed by atoms with Gasteiger partial charge in [0, 0.05) is 38.6 Å². The van der Waals surface area contributed by atoms with E-state index in [0.717, 1.165) is 51.5 Å². The molecular formula is C19H19N5O. The van der Waals surface area contributed by atoms with Crippen molar-refractivity contribution in [1.82, 2.24) is 9.88 Å². The lowest BCUT2D eigenvalue weighted by atomic mass is 10.1. The highest BCUT2D eigenvalue weighted by Crippen LogP contribution is 2.41. The first kappa shape index (κ1) is 15.7. The molecule has 1 aromatic carbocycles. The summed E-state index contributed by atoms with van der Waals surface area (Å²) in [4.78, 5) is 8.87. The van der Waals surface area contributed by atoms with Crippen LogP contribution in [0.4, 0.5) is 5.88 Å². The molecule has 0 N–H and O–H groups in total. The molecule has 25 heavy (non-hydrogen) atoms.